The van der Waals surface area contributed by atoms with Crippen LogP contribution in [-0.4, -0.2) is 45.9 Å². The predicted molar refractivity (Wildman–Crippen MR) is 82.8 cm³/mol. The predicted octanol–water partition coefficient (Wildman–Crippen LogP) is 2.37. The summed E-state index contributed by atoms with van der Waals surface area (Å²) in [6.45, 7) is 6.78. The van der Waals surface area contributed by atoms with E-state index in [9.17, 15) is 4.79 Å². The first kappa shape index (κ1) is 14.5. The van der Waals surface area contributed by atoms with Crippen molar-refractivity contribution in [1.29, 1.82) is 0 Å². The van der Waals surface area contributed by atoms with Crippen LogP contribution >= 0.6 is 0 Å². The molecule has 2 heterocycles. The molecule has 2 fully saturated rings. The highest BCUT2D eigenvalue weighted by atomic mass is 16.2. The van der Waals surface area contributed by atoms with Gasteiger partial charge in [0.05, 0.1) is 0 Å². The number of amides is 1. The molecule has 0 bridgehead atoms. The lowest BCUT2D eigenvalue weighted by Gasteiger charge is -2.30. The zero-order chi connectivity index (χ0) is 14.8. The third-order valence-electron chi connectivity index (χ3n) is 4.79. The van der Waals surface area contributed by atoms with E-state index in [-0.39, 0.29) is 5.91 Å². The minimum absolute atomic E-state index is 0.238. The van der Waals surface area contributed by atoms with Crippen molar-refractivity contribution >= 4 is 5.91 Å². The summed E-state index contributed by atoms with van der Waals surface area (Å²) in [6.07, 6.45) is 6.67. The SMILES string of the molecule is CC(=O)N(CC1CCCN1Cc1cccnc1C)C1CC1. The fraction of sp³-hybridized carbons (Fsp3) is 0.647. The average Bonchev–Trinajstić information content (AvgIpc) is 3.20. The average molecular weight is 287 g/mol. The van der Waals surface area contributed by atoms with Crippen LogP contribution in [0.25, 0.3) is 0 Å². The minimum atomic E-state index is 0.238. The van der Waals surface area contributed by atoms with Crippen LogP contribution in [0.2, 0.25) is 0 Å². The zero-order valence-electron chi connectivity index (χ0n) is 13.1. The van der Waals surface area contributed by atoms with Crippen molar-refractivity contribution in [3.8, 4) is 0 Å². The maximum atomic E-state index is 11.8. The van der Waals surface area contributed by atoms with E-state index in [0.29, 0.717) is 12.1 Å². The summed E-state index contributed by atoms with van der Waals surface area (Å²) in [4.78, 5) is 20.8. The molecule has 4 heteroatoms. The molecule has 3 rings (SSSR count). The molecule has 1 unspecified atom stereocenters. The fourth-order valence-electron chi connectivity index (χ4n) is 3.36. The number of likely N-dealkylation sites (tertiary alicyclic amines) is 1. The molecular formula is C17H25N3O. The van der Waals surface area contributed by atoms with Crippen molar-refractivity contribution in [3.63, 3.8) is 0 Å². The van der Waals surface area contributed by atoms with Gasteiger partial charge in [-0.15, -0.1) is 0 Å². The molecule has 1 saturated carbocycles. The lowest BCUT2D eigenvalue weighted by atomic mass is 10.1. The second kappa shape index (κ2) is 6.14. The highest BCUT2D eigenvalue weighted by Crippen LogP contribution is 2.29. The molecule has 0 radical (unpaired) electrons. The molecule has 2 aliphatic rings. The summed E-state index contributed by atoms with van der Waals surface area (Å²) in [5.74, 6) is 0.238. The molecule has 1 aliphatic heterocycles. The molecule has 114 valence electrons. The van der Waals surface area contributed by atoms with Crippen LogP contribution in [0.1, 0.15) is 43.9 Å². The number of nitrogens with zero attached hydrogens (tertiary/aromatic N) is 3. The van der Waals surface area contributed by atoms with Crippen molar-refractivity contribution in [2.75, 3.05) is 13.1 Å². The van der Waals surface area contributed by atoms with Gasteiger partial charge in [0.15, 0.2) is 0 Å². The quantitative estimate of drug-likeness (QED) is 0.834. The number of aromatic nitrogens is 1. The molecule has 0 aromatic carbocycles. The first-order chi connectivity index (χ1) is 10.1. The number of pyridine rings is 1. The highest BCUT2D eigenvalue weighted by molar-refractivity contribution is 5.74. The Labute approximate surface area is 127 Å². The maximum absolute atomic E-state index is 11.8. The van der Waals surface area contributed by atoms with E-state index in [0.717, 1.165) is 25.3 Å². The molecule has 1 aliphatic carbocycles. The Bertz CT molecular complexity index is 513. The van der Waals surface area contributed by atoms with E-state index in [1.54, 1.807) is 6.92 Å². The molecule has 21 heavy (non-hydrogen) atoms. The third kappa shape index (κ3) is 3.43. The first-order valence-corrected chi connectivity index (χ1v) is 8.07. The summed E-state index contributed by atoms with van der Waals surface area (Å²) in [6, 6.07) is 5.21. The molecule has 4 nitrogen and oxygen atoms in total. The maximum Gasteiger partial charge on any atom is 0.219 e. The molecule has 0 N–H and O–H groups in total. The van der Waals surface area contributed by atoms with E-state index in [1.807, 2.05) is 12.3 Å². The van der Waals surface area contributed by atoms with Gasteiger partial charge in [-0.05, 0) is 50.8 Å². The highest BCUT2D eigenvalue weighted by Gasteiger charge is 2.35. The standard InChI is InChI=1S/C17H25N3O/c1-13-15(5-3-9-18-13)11-19-10-4-6-17(19)12-20(14(2)21)16-7-8-16/h3,5,9,16-17H,4,6-8,10-12H2,1-2H3. The summed E-state index contributed by atoms with van der Waals surface area (Å²) in [5.41, 5.74) is 2.43. The Balaban J connectivity index is 1.65. The van der Waals surface area contributed by atoms with E-state index in [4.69, 9.17) is 0 Å². The van der Waals surface area contributed by atoms with Gasteiger partial charge in [0.2, 0.25) is 5.91 Å². The summed E-state index contributed by atoms with van der Waals surface area (Å²) >= 11 is 0. The van der Waals surface area contributed by atoms with Gasteiger partial charge >= 0.3 is 0 Å². The summed E-state index contributed by atoms with van der Waals surface area (Å²) < 4.78 is 0. The molecular weight excluding hydrogens is 262 g/mol. The zero-order valence-corrected chi connectivity index (χ0v) is 13.1. The van der Waals surface area contributed by atoms with Gasteiger partial charge in [-0.25, -0.2) is 0 Å². The van der Waals surface area contributed by atoms with E-state index in [1.165, 1.54) is 31.2 Å². The van der Waals surface area contributed by atoms with Gasteiger partial charge < -0.3 is 4.90 Å². The summed E-state index contributed by atoms with van der Waals surface area (Å²) in [5, 5.41) is 0. The normalized spacial score (nSPS) is 22.5. The topological polar surface area (TPSA) is 36.4 Å². The van der Waals surface area contributed by atoms with E-state index in [2.05, 4.69) is 27.8 Å². The molecule has 1 saturated heterocycles. The van der Waals surface area contributed by atoms with Crippen molar-refractivity contribution in [3.05, 3.63) is 29.6 Å². The molecule has 1 aromatic heterocycles. The van der Waals surface area contributed by atoms with Gasteiger partial charge in [-0.1, -0.05) is 6.07 Å². The second-order valence-corrected chi connectivity index (χ2v) is 6.42. The minimum Gasteiger partial charge on any atom is -0.338 e. The number of rotatable bonds is 5. The van der Waals surface area contributed by atoms with Crippen LogP contribution in [-0.2, 0) is 11.3 Å². The second-order valence-electron chi connectivity index (χ2n) is 6.42. The van der Waals surface area contributed by atoms with Crippen molar-refractivity contribution in [2.45, 2.75) is 58.2 Å². The van der Waals surface area contributed by atoms with E-state index >= 15 is 0 Å². The Morgan fingerprint density at radius 1 is 1.43 bits per heavy atom. The van der Waals surface area contributed by atoms with Crippen molar-refractivity contribution in [2.24, 2.45) is 0 Å². The smallest absolute Gasteiger partial charge is 0.219 e. The number of carbonyl (C=O) groups is 1. The Morgan fingerprint density at radius 2 is 2.24 bits per heavy atom. The van der Waals surface area contributed by atoms with Gasteiger partial charge in [0, 0.05) is 44.0 Å². The molecule has 1 aromatic rings. The third-order valence-corrected chi connectivity index (χ3v) is 4.79. The van der Waals surface area contributed by atoms with E-state index < -0.39 is 0 Å². The van der Waals surface area contributed by atoms with Gasteiger partial charge in [-0.2, -0.15) is 0 Å². The lowest BCUT2D eigenvalue weighted by molar-refractivity contribution is -0.130. The molecule has 1 amide bonds. The number of carbonyl (C=O) groups excluding carboxylic acids is 1. The number of aryl methyl sites for hydroxylation is 1. The fourth-order valence-corrected chi connectivity index (χ4v) is 3.36. The Morgan fingerprint density at radius 3 is 2.90 bits per heavy atom. The van der Waals surface area contributed by atoms with Crippen LogP contribution in [0.4, 0.5) is 0 Å². The van der Waals surface area contributed by atoms with Crippen LogP contribution < -0.4 is 0 Å². The van der Waals surface area contributed by atoms with Crippen molar-refractivity contribution < 1.29 is 4.79 Å². The Kier molecular flexibility index (Phi) is 4.24. The van der Waals surface area contributed by atoms with Crippen LogP contribution in [0.15, 0.2) is 18.3 Å². The number of hydrogen-bond acceptors (Lipinski definition) is 3. The van der Waals surface area contributed by atoms with Crippen LogP contribution in [0, 0.1) is 6.92 Å². The lowest BCUT2D eigenvalue weighted by Crippen LogP contribution is -2.43. The van der Waals surface area contributed by atoms with Gasteiger partial charge in [0.25, 0.3) is 0 Å². The molecule has 0 spiro atoms. The largest absolute Gasteiger partial charge is 0.338 e. The molecule has 1 atom stereocenters. The van der Waals surface area contributed by atoms with Crippen molar-refractivity contribution in [1.82, 2.24) is 14.8 Å². The van der Waals surface area contributed by atoms with Crippen LogP contribution in [0.5, 0.6) is 0 Å². The Hall–Kier alpha value is -1.42. The van der Waals surface area contributed by atoms with Crippen LogP contribution in [0.3, 0.4) is 0 Å². The first-order valence-electron chi connectivity index (χ1n) is 8.07. The summed E-state index contributed by atoms with van der Waals surface area (Å²) in [7, 11) is 0. The van der Waals surface area contributed by atoms with Gasteiger partial charge in [0.1, 0.15) is 0 Å². The number of hydrogen-bond donors (Lipinski definition) is 0. The monoisotopic (exact) mass is 287 g/mol. The van der Waals surface area contributed by atoms with Gasteiger partial charge in [-0.3, -0.25) is 14.7 Å².